The molecule has 1 aliphatic rings. The van der Waals surface area contributed by atoms with Crippen molar-refractivity contribution in [3.63, 3.8) is 0 Å². The van der Waals surface area contributed by atoms with E-state index >= 15 is 0 Å². The highest BCUT2D eigenvalue weighted by atomic mass is 35.5. The summed E-state index contributed by atoms with van der Waals surface area (Å²) in [6.45, 7) is 1.15. The molecule has 1 heterocycles. The summed E-state index contributed by atoms with van der Waals surface area (Å²) in [7, 11) is -2.36. The molecule has 0 unspecified atom stereocenters. The molecule has 0 saturated carbocycles. The van der Waals surface area contributed by atoms with Gasteiger partial charge in [0.15, 0.2) is 5.82 Å². The van der Waals surface area contributed by atoms with E-state index < -0.39 is 20.9 Å². The van der Waals surface area contributed by atoms with Crippen LogP contribution in [0.5, 0.6) is 0 Å². The molecule has 0 spiro atoms. The summed E-state index contributed by atoms with van der Waals surface area (Å²) in [5.41, 5.74) is 0. The maximum atomic E-state index is 13.5. The molecule has 2 rings (SSSR count). The number of nitrogens with zero attached hydrogens (tertiary/aromatic N) is 1. The molecule has 0 radical (unpaired) electrons. The Bertz CT molecular complexity index is 575. The van der Waals surface area contributed by atoms with Gasteiger partial charge >= 0.3 is 0 Å². The van der Waals surface area contributed by atoms with Gasteiger partial charge in [-0.3, -0.25) is 0 Å². The number of hydrogen-bond acceptors (Lipinski definition) is 3. The molecular formula is C10H11Cl2FN2O2S. The first kappa shape index (κ1) is 14.0. The van der Waals surface area contributed by atoms with Crippen LogP contribution in [-0.4, -0.2) is 38.9 Å². The van der Waals surface area contributed by atoms with Crippen LogP contribution in [0, 0.1) is 5.82 Å². The van der Waals surface area contributed by atoms with Gasteiger partial charge in [0.2, 0.25) is 10.0 Å². The van der Waals surface area contributed by atoms with Crippen LogP contribution >= 0.6 is 23.2 Å². The van der Waals surface area contributed by atoms with E-state index in [1.54, 1.807) is 0 Å². The lowest BCUT2D eigenvalue weighted by atomic mass is 10.2. The van der Waals surface area contributed by atoms with Gasteiger partial charge in [0.05, 0.1) is 10.0 Å². The van der Waals surface area contributed by atoms with Crippen molar-refractivity contribution in [3.05, 3.63) is 28.0 Å². The van der Waals surface area contributed by atoms with Crippen LogP contribution in [0.3, 0.4) is 0 Å². The third-order valence-corrected chi connectivity index (χ3v) is 5.66. The summed E-state index contributed by atoms with van der Waals surface area (Å²) < 4.78 is 39.2. The third-order valence-electron chi connectivity index (χ3n) is 2.93. The zero-order chi connectivity index (χ0) is 13.5. The minimum Gasteiger partial charge on any atom is -0.313 e. The molecule has 1 aromatic carbocycles. The van der Waals surface area contributed by atoms with Gasteiger partial charge in [-0.1, -0.05) is 23.2 Å². The first-order chi connectivity index (χ1) is 8.35. The van der Waals surface area contributed by atoms with Crippen LogP contribution in [0.1, 0.15) is 0 Å². The molecule has 1 fully saturated rings. The molecule has 1 N–H and O–H groups in total. The van der Waals surface area contributed by atoms with Crippen LogP contribution in [0.25, 0.3) is 0 Å². The molecule has 18 heavy (non-hydrogen) atoms. The van der Waals surface area contributed by atoms with Crippen LogP contribution < -0.4 is 5.32 Å². The van der Waals surface area contributed by atoms with E-state index in [9.17, 15) is 12.8 Å². The van der Waals surface area contributed by atoms with Crippen LogP contribution in [-0.2, 0) is 10.0 Å². The Morgan fingerprint density at radius 1 is 1.39 bits per heavy atom. The van der Waals surface area contributed by atoms with Gasteiger partial charge in [-0.25, -0.2) is 12.8 Å². The SMILES string of the molecule is CN(C1CNC1)S(=O)(=O)c1ccc(Cl)c(F)c1Cl. The fourth-order valence-corrected chi connectivity index (χ4v) is 3.66. The van der Waals surface area contributed by atoms with Gasteiger partial charge in [0, 0.05) is 26.2 Å². The van der Waals surface area contributed by atoms with Crippen LogP contribution in [0.2, 0.25) is 10.0 Å². The van der Waals surface area contributed by atoms with Crippen molar-refractivity contribution in [2.75, 3.05) is 20.1 Å². The van der Waals surface area contributed by atoms with E-state index in [2.05, 4.69) is 5.32 Å². The molecule has 4 nitrogen and oxygen atoms in total. The number of benzene rings is 1. The Labute approximate surface area is 115 Å². The van der Waals surface area contributed by atoms with E-state index in [1.165, 1.54) is 23.5 Å². The molecule has 0 atom stereocenters. The Hall–Kier alpha value is -0.400. The van der Waals surface area contributed by atoms with Crippen molar-refractivity contribution in [2.24, 2.45) is 0 Å². The van der Waals surface area contributed by atoms with E-state index in [0.29, 0.717) is 13.1 Å². The summed E-state index contributed by atoms with van der Waals surface area (Å²) in [5, 5.41) is 2.29. The minimum absolute atomic E-state index is 0.134. The molecule has 0 bridgehead atoms. The molecule has 1 saturated heterocycles. The lowest BCUT2D eigenvalue weighted by molar-refractivity contribution is 0.274. The maximum absolute atomic E-state index is 13.5. The number of hydrogen-bond donors (Lipinski definition) is 1. The topological polar surface area (TPSA) is 49.4 Å². The van der Waals surface area contributed by atoms with Crippen molar-refractivity contribution >= 4 is 33.2 Å². The van der Waals surface area contributed by atoms with Crippen molar-refractivity contribution < 1.29 is 12.8 Å². The molecular weight excluding hydrogens is 302 g/mol. The lowest BCUT2D eigenvalue weighted by Crippen LogP contribution is -2.57. The second kappa shape index (κ2) is 4.94. The average molecular weight is 313 g/mol. The standard InChI is InChI=1S/C10H11Cl2FN2O2S/c1-15(6-4-14-5-6)18(16,17)8-3-2-7(11)10(13)9(8)12/h2-3,6,14H,4-5H2,1H3. The Morgan fingerprint density at radius 3 is 2.50 bits per heavy atom. The molecule has 1 aromatic rings. The smallest absolute Gasteiger partial charge is 0.244 e. The largest absolute Gasteiger partial charge is 0.313 e. The number of likely N-dealkylation sites (N-methyl/N-ethyl adjacent to an activating group) is 1. The normalized spacial score (nSPS) is 16.9. The first-order valence-corrected chi connectivity index (χ1v) is 7.37. The van der Waals surface area contributed by atoms with Gasteiger partial charge in [-0.05, 0) is 12.1 Å². The minimum atomic E-state index is -3.81. The highest BCUT2D eigenvalue weighted by Crippen LogP contribution is 2.31. The zero-order valence-corrected chi connectivity index (χ0v) is 11.8. The fourth-order valence-electron chi connectivity index (χ4n) is 1.59. The quantitative estimate of drug-likeness (QED) is 0.865. The van der Waals surface area contributed by atoms with Gasteiger partial charge in [0.1, 0.15) is 4.90 Å². The zero-order valence-electron chi connectivity index (χ0n) is 9.45. The third kappa shape index (κ3) is 2.23. The van der Waals surface area contributed by atoms with E-state index in [0.717, 1.165) is 0 Å². The number of halogens is 3. The molecule has 0 amide bonds. The van der Waals surface area contributed by atoms with E-state index in [-0.39, 0.29) is 16.0 Å². The van der Waals surface area contributed by atoms with E-state index in [1.807, 2.05) is 0 Å². The second-order valence-electron chi connectivity index (χ2n) is 4.01. The highest BCUT2D eigenvalue weighted by molar-refractivity contribution is 7.89. The maximum Gasteiger partial charge on any atom is 0.244 e. The van der Waals surface area contributed by atoms with Crippen molar-refractivity contribution in [2.45, 2.75) is 10.9 Å². The number of rotatable bonds is 3. The van der Waals surface area contributed by atoms with Gasteiger partial charge in [0.25, 0.3) is 0 Å². The van der Waals surface area contributed by atoms with Crippen molar-refractivity contribution in [1.82, 2.24) is 9.62 Å². The Balaban J connectivity index is 2.44. The van der Waals surface area contributed by atoms with Crippen molar-refractivity contribution in [3.8, 4) is 0 Å². The number of sulfonamides is 1. The van der Waals surface area contributed by atoms with Gasteiger partial charge in [-0.2, -0.15) is 4.31 Å². The van der Waals surface area contributed by atoms with Gasteiger partial charge in [-0.15, -0.1) is 0 Å². The number of nitrogens with one attached hydrogen (secondary N) is 1. The Kier molecular flexibility index (Phi) is 3.85. The Morgan fingerprint density at radius 2 is 2.00 bits per heavy atom. The van der Waals surface area contributed by atoms with Crippen molar-refractivity contribution in [1.29, 1.82) is 0 Å². The predicted molar refractivity (Wildman–Crippen MR) is 68.0 cm³/mol. The predicted octanol–water partition coefficient (Wildman–Crippen LogP) is 1.72. The molecule has 0 aromatic heterocycles. The monoisotopic (exact) mass is 312 g/mol. The lowest BCUT2D eigenvalue weighted by Gasteiger charge is -2.34. The summed E-state index contributed by atoms with van der Waals surface area (Å²) in [6, 6.07) is 2.26. The fraction of sp³-hybridized carbons (Fsp3) is 0.400. The highest BCUT2D eigenvalue weighted by Gasteiger charge is 2.33. The summed E-state index contributed by atoms with van der Waals surface area (Å²) >= 11 is 11.3. The summed E-state index contributed by atoms with van der Waals surface area (Å²) in [5.74, 6) is -0.917. The average Bonchev–Trinajstić information content (AvgIpc) is 2.23. The molecule has 100 valence electrons. The van der Waals surface area contributed by atoms with Crippen LogP contribution in [0.4, 0.5) is 4.39 Å². The molecule has 0 aliphatic carbocycles. The van der Waals surface area contributed by atoms with Gasteiger partial charge < -0.3 is 5.32 Å². The first-order valence-electron chi connectivity index (χ1n) is 5.18. The second-order valence-corrected chi connectivity index (χ2v) is 6.76. The molecule has 8 heteroatoms. The summed E-state index contributed by atoms with van der Waals surface area (Å²) in [6.07, 6.45) is 0. The summed E-state index contributed by atoms with van der Waals surface area (Å²) in [4.78, 5) is -0.263. The van der Waals surface area contributed by atoms with Crippen LogP contribution in [0.15, 0.2) is 17.0 Å². The molecule has 1 aliphatic heterocycles. The van der Waals surface area contributed by atoms with E-state index in [4.69, 9.17) is 23.2 Å².